The summed E-state index contributed by atoms with van der Waals surface area (Å²) in [5.74, 6) is 1.24. The first kappa shape index (κ1) is 22.6. The van der Waals surface area contributed by atoms with Gasteiger partial charge in [0, 0.05) is 19.1 Å². The molecule has 0 radical (unpaired) electrons. The van der Waals surface area contributed by atoms with Crippen LogP contribution >= 0.6 is 0 Å². The van der Waals surface area contributed by atoms with E-state index in [-0.39, 0.29) is 11.3 Å². The zero-order valence-corrected chi connectivity index (χ0v) is 19.3. The second-order valence-electron chi connectivity index (χ2n) is 9.37. The maximum atomic E-state index is 13.0. The van der Waals surface area contributed by atoms with Gasteiger partial charge in [0.1, 0.15) is 5.75 Å². The maximum Gasteiger partial charge on any atom is 0.243 e. The first-order chi connectivity index (χ1) is 14.8. The number of benzene rings is 1. The van der Waals surface area contributed by atoms with Crippen molar-refractivity contribution in [1.29, 1.82) is 0 Å². The Balaban J connectivity index is 1.32. The van der Waals surface area contributed by atoms with E-state index < -0.39 is 10.0 Å². The molecule has 3 fully saturated rings. The highest BCUT2D eigenvalue weighted by molar-refractivity contribution is 7.89. The predicted octanol–water partition coefficient (Wildman–Crippen LogP) is 2.61. The third-order valence-corrected chi connectivity index (χ3v) is 9.28. The van der Waals surface area contributed by atoms with Gasteiger partial charge in [-0.25, -0.2) is 8.42 Å². The van der Waals surface area contributed by atoms with E-state index >= 15 is 0 Å². The fraction of sp³-hybridized carbons (Fsp3) is 0.696. The molecular weight excluding hydrogens is 414 g/mol. The summed E-state index contributed by atoms with van der Waals surface area (Å²) in [5.41, 5.74) is 5.49. The van der Waals surface area contributed by atoms with Gasteiger partial charge in [-0.15, -0.1) is 0 Å². The van der Waals surface area contributed by atoms with Crippen LogP contribution in [0.25, 0.3) is 0 Å². The Morgan fingerprint density at radius 3 is 2.19 bits per heavy atom. The standard InChI is InChI=1S/C23H35N3O4S/c1-2-30-20-5-7-21(8-6-20)31(28,29)26-13-9-19(10-14-26)25-15-11-23(12-16-25,22(24)27)17-18-3-4-18/h5-8,18-19H,2-4,9-17H2,1H3,(H2,24,27). The summed E-state index contributed by atoms with van der Waals surface area (Å²) >= 11 is 0. The van der Waals surface area contributed by atoms with Gasteiger partial charge < -0.3 is 15.4 Å². The number of nitrogens with zero attached hydrogens (tertiary/aromatic N) is 2. The first-order valence-corrected chi connectivity index (χ1v) is 13.0. The molecule has 2 aliphatic heterocycles. The largest absolute Gasteiger partial charge is 0.494 e. The minimum Gasteiger partial charge on any atom is -0.494 e. The average Bonchev–Trinajstić information content (AvgIpc) is 3.59. The molecule has 0 unspecified atom stereocenters. The molecule has 3 aliphatic rings. The van der Waals surface area contributed by atoms with Crippen molar-refractivity contribution in [2.45, 2.75) is 62.8 Å². The molecule has 2 saturated heterocycles. The van der Waals surface area contributed by atoms with E-state index in [0.29, 0.717) is 42.3 Å². The first-order valence-electron chi connectivity index (χ1n) is 11.6. The molecule has 1 aromatic carbocycles. The number of amides is 1. The van der Waals surface area contributed by atoms with Gasteiger partial charge >= 0.3 is 0 Å². The highest BCUT2D eigenvalue weighted by Crippen LogP contribution is 2.46. The molecule has 2 N–H and O–H groups in total. The molecule has 1 amide bonds. The lowest BCUT2D eigenvalue weighted by Crippen LogP contribution is -2.53. The molecule has 4 rings (SSSR count). The lowest BCUT2D eigenvalue weighted by atomic mass is 9.73. The van der Waals surface area contributed by atoms with Crippen molar-refractivity contribution < 1.29 is 17.9 Å². The zero-order valence-electron chi connectivity index (χ0n) is 18.5. The number of piperidine rings is 2. The fourth-order valence-electron chi connectivity index (χ4n) is 5.21. The molecule has 0 bridgehead atoms. The minimum absolute atomic E-state index is 0.129. The van der Waals surface area contributed by atoms with Crippen LogP contribution in [0.2, 0.25) is 0 Å². The van der Waals surface area contributed by atoms with Gasteiger partial charge in [0.15, 0.2) is 0 Å². The number of ether oxygens (including phenoxy) is 1. The normalized spacial score (nSPS) is 23.5. The van der Waals surface area contributed by atoms with Crippen molar-refractivity contribution >= 4 is 15.9 Å². The summed E-state index contributed by atoms with van der Waals surface area (Å²) in [5, 5.41) is 0. The number of likely N-dealkylation sites (tertiary alicyclic amines) is 1. The smallest absolute Gasteiger partial charge is 0.243 e. The molecule has 1 aromatic rings. The molecule has 31 heavy (non-hydrogen) atoms. The highest BCUT2D eigenvalue weighted by atomic mass is 32.2. The number of primary amides is 1. The number of hydrogen-bond acceptors (Lipinski definition) is 5. The number of nitrogens with two attached hydrogens (primary N) is 1. The van der Waals surface area contributed by atoms with Crippen molar-refractivity contribution in [3.63, 3.8) is 0 Å². The monoisotopic (exact) mass is 449 g/mol. The topological polar surface area (TPSA) is 92.9 Å². The van der Waals surface area contributed by atoms with Gasteiger partial charge in [-0.3, -0.25) is 4.79 Å². The molecule has 7 nitrogen and oxygen atoms in total. The molecule has 0 spiro atoms. The number of rotatable bonds is 8. The van der Waals surface area contributed by atoms with Crippen molar-refractivity contribution in [2.75, 3.05) is 32.8 Å². The van der Waals surface area contributed by atoms with Gasteiger partial charge in [0.2, 0.25) is 15.9 Å². The summed E-state index contributed by atoms with van der Waals surface area (Å²) in [7, 11) is -3.49. The van der Waals surface area contributed by atoms with E-state index in [4.69, 9.17) is 10.5 Å². The summed E-state index contributed by atoms with van der Waals surface area (Å²) in [6.45, 7) is 5.27. The summed E-state index contributed by atoms with van der Waals surface area (Å²) < 4.78 is 33.1. The summed E-state index contributed by atoms with van der Waals surface area (Å²) in [6.07, 6.45) is 6.74. The second kappa shape index (κ2) is 9.08. The van der Waals surface area contributed by atoms with E-state index in [0.717, 1.165) is 45.2 Å². The van der Waals surface area contributed by atoms with Crippen LogP contribution < -0.4 is 10.5 Å². The van der Waals surface area contributed by atoms with E-state index in [1.807, 2.05) is 6.92 Å². The highest BCUT2D eigenvalue weighted by Gasteiger charge is 2.45. The SMILES string of the molecule is CCOc1ccc(S(=O)(=O)N2CCC(N3CCC(CC4CC4)(C(N)=O)CC3)CC2)cc1. The lowest BCUT2D eigenvalue weighted by Gasteiger charge is -2.45. The van der Waals surface area contributed by atoms with E-state index in [1.165, 1.54) is 12.8 Å². The maximum absolute atomic E-state index is 13.0. The summed E-state index contributed by atoms with van der Waals surface area (Å²) in [6, 6.07) is 7.05. The minimum atomic E-state index is -3.49. The number of sulfonamides is 1. The van der Waals surface area contributed by atoms with E-state index in [2.05, 4.69) is 4.90 Å². The Morgan fingerprint density at radius 1 is 1.06 bits per heavy atom. The van der Waals surface area contributed by atoms with Crippen LogP contribution in [0.1, 0.15) is 51.9 Å². The van der Waals surface area contributed by atoms with Crippen molar-refractivity contribution in [1.82, 2.24) is 9.21 Å². The van der Waals surface area contributed by atoms with Crippen molar-refractivity contribution in [3.05, 3.63) is 24.3 Å². The molecule has 0 aromatic heterocycles. The van der Waals surface area contributed by atoms with Crippen molar-refractivity contribution in [2.24, 2.45) is 17.1 Å². The number of hydrogen-bond donors (Lipinski definition) is 1. The third kappa shape index (κ3) is 4.91. The molecule has 1 saturated carbocycles. The zero-order chi connectivity index (χ0) is 22.1. The quantitative estimate of drug-likeness (QED) is 0.659. The second-order valence-corrected chi connectivity index (χ2v) is 11.3. The number of carbonyl (C=O) groups excluding carboxylic acids is 1. The predicted molar refractivity (Wildman–Crippen MR) is 119 cm³/mol. The van der Waals surface area contributed by atoms with E-state index in [1.54, 1.807) is 28.6 Å². The van der Waals surface area contributed by atoms with Crippen LogP contribution in [-0.4, -0.2) is 62.4 Å². The van der Waals surface area contributed by atoms with Crippen molar-refractivity contribution in [3.8, 4) is 5.75 Å². The fourth-order valence-corrected chi connectivity index (χ4v) is 6.68. The molecule has 172 valence electrons. The van der Waals surface area contributed by atoms with Crippen LogP contribution in [0.15, 0.2) is 29.2 Å². The van der Waals surface area contributed by atoms with Gasteiger partial charge in [-0.1, -0.05) is 12.8 Å². The van der Waals surface area contributed by atoms with E-state index in [9.17, 15) is 13.2 Å². The summed E-state index contributed by atoms with van der Waals surface area (Å²) in [4.78, 5) is 15.0. The molecule has 2 heterocycles. The van der Waals surface area contributed by atoms with Crippen LogP contribution in [-0.2, 0) is 14.8 Å². The van der Waals surface area contributed by atoms with Gasteiger partial charge in [-0.05, 0) is 82.3 Å². The van der Waals surface area contributed by atoms with Gasteiger partial charge in [0.25, 0.3) is 0 Å². The molecule has 0 atom stereocenters. The molecular formula is C23H35N3O4S. The van der Waals surface area contributed by atoms with Crippen LogP contribution in [0.5, 0.6) is 5.75 Å². The molecule has 1 aliphatic carbocycles. The number of carbonyl (C=O) groups is 1. The van der Waals surface area contributed by atoms with Gasteiger partial charge in [0.05, 0.1) is 16.9 Å². The average molecular weight is 450 g/mol. The molecule has 8 heteroatoms. The lowest BCUT2D eigenvalue weighted by molar-refractivity contribution is -0.131. The Labute approximate surface area is 186 Å². The van der Waals surface area contributed by atoms with Gasteiger partial charge in [-0.2, -0.15) is 4.31 Å². The van der Waals surface area contributed by atoms with Crippen LogP contribution in [0.3, 0.4) is 0 Å². The third-order valence-electron chi connectivity index (χ3n) is 7.37. The Bertz CT molecular complexity index is 867. The Hall–Kier alpha value is -1.64. The van der Waals surface area contributed by atoms with Crippen LogP contribution in [0, 0.1) is 11.3 Å². The Morgan fingerprint density at radius 2 is 1.68 bits per heavy atom. The Kier molecular flexibility index (Phi) is 6.60. The van der Waals surface area contributed by atoms with Crippen LogP contribution in [0.4, 0.5) is 0 Å².